The number of carbonyl (C=O) groups is 2. The van der Waals surface area contributed by atoms with Crippen LogP contribution in [0.5, 0.6) is 0 Å². The number of carboxylic acids is 1. The first-order chi connectivity index (χ1) is 9.16. The molecule has 0 aliphatic carbocycles. The lowest BCUT2D eigenvalue weighted by atomic mass is 10.0. The summed E-state index contributed by atoms with van der Waals surface area (Å²) >= 11 is 0. The van der Waals surface area contributed by atoms with Crippen LogP contribution in [-0.4, -0.2) is 29.6 Å². The maximum Gasteiger partial charge on any atom is 0.325 e. The number of rotatable bonds is 4. The molecular weight excluding hydrogens is 244 g/mol. The van der Waals surface area contributed by atoms with Gasteiger partial charge in [0.15, 0.2) is 0 Å². The van der Waals surface area contributed by atoms with Crippen molar-refractivity contribution < 1.29 is 14.7 Å². The number of hydrogen-bond acceptors (Lipinski definition) is 3. The van der Waals surface area contributed by atoms with Gasteiger partial charge in [-0.3, -0.25) is 14.9 Å². The summed E-state index contributed by atoms with van der Waals surface area (Å²) in [6.07, 6.45) is 2.00. The fourth-order valence-corrected chi connectivity index (χ4v) is 2.31. The molecule has 1 aromatic rings. The van der Waals surface area contributed by atoms with Crippen molar-refractivity contribution in [2.75, 3.05) is 6.54 Å². The number of carbonyl (C=O) groups excluding carboxylic acids is 1. The van der Waals surface area contributed by atoms with E-state index in [1.807, 2.05) is 18.2 Å². The highest BCUT2D eigenvalue weighted by Crippen LogP contribution is 2.17. The predicted molar refractivity (Wildman–Crippen MR) is 70.6 cm³/mol. The minimum atomic E-state index is -0.921. The fraction of sp³-hybridized carbons (Fsp3) is 0.429. The van der Waals surface area contributed by atoms with Gasteiger partial charge in [-0.1, -0.05) is 30.3 Å². The van der Waals surface area contributed by atoms with Crippen molar-refractivity contribution in [1.29, 1.82) is 0 Å². The summed E-state index contributed by atoms with van der Waals surface area (Å²) in [6.45, 7) is 0.667. The Hall–Kier alpha value is -1.88. The maximum atomic E-state index is 11.5. The molecule has 0 saturated carbocycles. The summed E-state index contributed by atoms with van der Waals surface area (Å²) < 4.78 is 0. The summed E-state index contributed by atoms with van der Waals surface area (Å²) in [6, 6.07) is 8.17. The van der Waals surface area contributed by atoms with Crippen LogP contribution in [0, 0.1) is 0 Å². The Morgan fingerprint density at radius 1 is 1.37 bits per heavy atom. The Labute approximate surface area is 112 Å². The van der Waals surface area contributed by atoms with Crippen molar-refractivity contribution in [2.45, 2.75) is 31.3 Å². The normalized spacial score (nSPS) is 21.3. The molecule has 0 spiro atoms. The molecule has 1 aliphatic heterocycles. The highest BCUT2D eigenvalue weighted by Gasteiger charge is 2.25. The Morgan fingerprint density at radius 3 is 2.79 bits per heavy atom. The second-order valence-electron chi connectivity index (χ2n) is 4.74. The van der Waals surface area contributed by atoms with Gasteiger partial charge in [0.2, 0.25) is 5.91 Å². The van der Waals surface area contributed by atoms with E-state index in [0.29, 0.717) is 18.5 Å². The Morgan fingerprint density at radius 2 is 2.11 bits per heavy atom. The van der Waals surface area contributed by atoms with Gasteiger partial charge in [0, 0.05) is 19.0 Å². The van der Waals surface area contributed by atoms with E-state index in [0.717, 1.165) is 12.8 Å². The van der Waals surface area contributed by atoms with E-state index in [-0.39, 0.29) is 11.9 Å². The van der Waals surface area contributed by atoms with Crippen LogP contribution in [-0.2, 0) is 9.59 Å². The molecule has 102 valence electrons. The fourth-order valence-electron chi connectivity index (χ4n) is 2.31. The molecule has 1 aliphatic rings. The first kappa shape index (κ1) is 13.5. The van der Waals surface area contributed by atoms with Gasteiger partial charge in [-0.25, -0.2) is 0 Å². The third kappa shape index (κ3) is 3.79. The van der Waals surface area contributed by atoms with Crippen molar-refractivity contribution in [3.63, 3.8) is 0 Å². The molecule has 0 bridgehead atoms. The molecule has 1 heterocycles. The third-order valence-corrected chi connectivity index (χ3v) is 3.27. The largest absolute Gasteiger partial charge is 0.480 e. The van der Waals surface area contributed by atoms with Crippen LogP contribution in [0.1, 0.15) is 30.9 Å². The quantitative estimate of drug-likeness (QED) is 0.758. The van der Waals surface area contributed by atoms with Gasteiger partial charge in [-0.15, -0.1) is 0 Å². The van der Waals surface area contributed by atoms with Crippen molar-refractivity contribution in [2.24, 2.45) is 0 Å². The van der Waals surface area contributed by atoms with Crippen molar-refractivity contribution in [1.82, 2.24) is 10.6 Å². The highest BCUT2D eigenvalue weighted by molar-refractivity contribution is 5.78. The van der Waals surface area contributed by atoms with E-state index in [1.54, 1.807) is 12.1 Å². The third-order valence-electron chi connectivity index (χ3n) is 3.27. The van der Waals surface area contributed by atoms with Crippen molar-refractivity contribution in [3.05, 3.63) is 35.9 Å². The molecule has 5 heteroatoms. The first-order valence-corrected chi connectivity index (χ1v) is 6.47. The van der Waals surface area contributed by atoms with Gasteiger partial charge in [-0.2, -0.15) is 0 Å². The number of aliphatic carboxylic acids is 1. The van der Waals surface area contributed by atoms with Gasteiger partial charge < -0.3 is 10.4 Å². The van der Waals surface area contributed by atoms with Crippen LogP contribution < -0.4 is 10.6 Å². The van der Waals surface area contributed by atoms with Crippen molar-refractivity contribution in [3.8, 4) is 0 Å². The molecule has 2 rings (SSSR count). The lowest BCUT2D eigenvalue weighted by Crippen LogP contribution is -2.38. The second kappa shape index (κ2) is 6.33. The molecule has 19 heavy (non-hydrogen) atoms. The van der Waals surface area contributed by atoms with E-state index in [2.05, 4.69) is 10.6 Å². The van der Waals surface area contributed by atoms with Crippen LogP contribution in [0.3, 0.4) is 0 Å². The predicted octanol–water partition coefficient (Wildman–Crippen LogP) is 1.07. The zero-order valence-electron chi connectivity index (χ0n) is 10.6. The van der Waals surface area contributed by atoms with E-state index >= 15 is 0 Å². The molecular formula is C14H18N2O3. The molecule has 0 aromatic heterocycles. The first-order valence-electron chi connectivity index (χ1n) is 6.47. The molecule has 1 aromatic carbocycles. The van der Waals surface area contributed by atoms with Crippen molar-refractivity contribution >= 4 is 11.9 Å². The van der Waals surface area contributed by atoms with E-state index in [4.69, 9.17) is 0 Å². The number of nitrogens with one attached hydrogen (secondary N) is 2. The number of amides is 1. The smallest absolute Gasteiger partial charge is 0.325 e. The molecule has 5 nitrogen and oxygen atoms in total. The number of hydrogen-bond donors (Lipinski definition) is 3. The van der Waals surface area contributed by atoms with Gasteiger partial charge in [-0.05, 0) is 18.4 Å². The Bertz CT molecular complexity index is 447. The average molecular weight is 262 g/mol. The summed E-state index contributed by atoms with van der Waals surface area (Å²) in [5.41, 5.74) is 0.708. The summed E-state index contributed by atoms with van der Waals surface area (Å²) in [7, 11) is 0. The van der Waals surface area contributed by atoms with Crippen LogP contribution in [0.25, 0.3) is 0 Å². The number of benzene rings is 1. The van der Waals surface area contributed by atoms with Gasteiger partial charge >= 0.3 is 5.97 Å². The minimum absolute atomic E-state index is 0.0211. The Balaban J connectivity index is 2.08. The monoisotopic (exact) mass is 262 g/mol. The van der Waals surface area contributed by atoms with E-state index < -0.39 is 12.0 Å². The van der Waals surface area contributed by atoms with Gasteiger partial charge in [0.25, 0.3) is 0 Å². The molecule has 3 N–H and O–H groups in total. The zero-order chi connectivity index (χ0) is 13.7. The highest BCUT2D eigenvalue weighted by atomic mass is 16.4. The minimum Gasteiger partial charge on any atom is -0.480 e. The lowest BCUT2D eigenvalue weighted by molar-refractivity contribution is -0.140. The maximum absolute atomic E-state index is 11.5. The average Bonchev–Trinajstić information content (AvgIpc) is 2.61. The molecule has 1 saturated heterocycles. The van der Waals surface area contributed by atoms with Crippen LogP contribution in [0.2, 0.25) is 0 Å². The van der Waals surface area contributed by atoms with E-state index in [1.165, 1.54) is 0 Å². The molecule has 2 atom stereocenters. The molecule has 1 amide bonds. The van der Waals surface area contributed by atoms with Gasteiger partial charge in [0.05, 0.1) is 0 Å². The second-order valence-corrected chi connectivity index (χ2v) is 4.74. The molecule has 1 fully saturated rings. The van der Waals surface area contributed by atoms with Crippen LogP contribution in [0.15, 0.2) is 30.3 Å². The van der Waals surface area contributed by atoms with Crippen LogP contribution in [0.4, 0.5) is 0 Å². The standard InChI is InChI=1S/C14H18N2O3/c17-12-9-11(7-4-8-15-12)16-13(14(18)19)10-5-2-1-3-6-10/h1-3,5-6,11,13,16H,4,7-9H2,(H,15,17)(H,18,19). The summed E-state index contributed by atoms with van der Waals surface area (Å²) in [5, 5.41) is 15.2. The summed E-state index contributed by atoms with van der Waals surface area (Å²) in [4.78, 5) is 22.9. The number of carboxylic acid groups (broad SMARTS) is 1. The lowest BCUT2D eigenvalue weighted by Gasteiger charge is -2.21. The zero-order valence-corrected chi connectivity index (χ0v) is 10.6. The van der Waals surface area contributed by atoms with E-state index in [9.17, 15) is 14.7 Å². The SMILES string of the molecule is O=C1CC(NC(C(=O)O)c2ccccc2)CCCN1. The Kier molecular flexibility index (Phi) is 4.52. The summed E-state index contributed by atoms with van der Waals surface area (Å²) in [5.74, 6) is -0.942. The molecule has 0 radical (unpaired) electrons. The van der Waals surface area contributed by atoms with Crippen LogP contribution >= 0.6 is 0 Å². The molecule has 2 unspecified atom stereocenters. The van der Waals surface area contributed by atoms with Gasteiger partial charge in [0.1, 0.15) is 6.04 Å². The topological polar surface area (TPSA) is 78.4 Å².